The van der Waals surface area contributed by atoms with Crippen LogP contribution in [0.5, 0.6) is 0 Å². The van der Waals surface area contributed by atoms with Gasteiger partial charge in [-0.25, -0.2) is 0 Å². The first kappa shape index (κ1) is 19.3. The van der Waals surface area contributed by atoms with E-state index < -0.39 is 6.10 Å². The van der Waals surface area contributed by atoms with E-state index in [0.29, 0.717) is 18.3 Å². The molecule has 3 nitrogen and oxygen atoms in total. The molecule has 26 heavy (non-hydrogen) atoms. The lowest BCUT2D eigenvalue weighted by molar-refractivity contribution is 0.140. The molecule has 4 N–H and O–H groups in total. The zero-order valence-corrected chi connectivity index (χ0v) is 15.8. The van der Waals surface area contributed by atoms with Crippen LogP contribution in [0, 0.1) is 24.7 Å². The van der Waals surface area contributed by atoms with Crippen molar-refractivity contribution >= 4 is 0 Å². The van der Waals surface area contributed by atoms with Crippen molar-refractivity contribution < 1.29 is 10.2 Å². The van der Waals surface area contributed by atoms with E-state index in [9.17, 15) is 10.2 Å². The van der Waals surface area contributed by atoms with E-state index in [1.807, 2.05) is 12.1 Å². The first-order valence-corrected chi connectivity index (χ1v) is 10.1. The van der Waals surface area contributed by atoms with Crippen molar-refractivity contribution in [3.05, 3.63) is 59.2 Å². The Morgan fingerprint density at radius 1 is 1.31 bits per heavy atom. The van der Waals surface area contributed by atoms with Crippen molar-refractivity contribution in [1.82, 2.24) is 0 Å². The fraction of sp³-hybridized carbons (Fsp3) is 0.565. The second-order valence-corrected chi connectivity index (χ2v) is 8.13. The molecule has 0 heterocycles. The molecule has 1 aromatic carbocycles. The summed E-state index contributed by atoms with van der Waals surface area (Å²) in [6.45, 7) is 2.84. The average molecular weight is 356 g/mol. The van der Waals surface area contributed by atoms with Crippen LogP contribution < -0.4 is 5.73 Å². The van der Waals surface area contributed by atoms with Gasteiger partial charge in [0.25, 0.3) is 0 Å². The predicted octanol–water partition coefficient (Wildman–Crippen LogP) is 3.53. The van der Waals surface area contributed by atoms with Gasteiger partial charge in [0, 0.05) is 12.3 Å². The SMILES string of the molecule is Cc1cccc(C[C@@H](O)C=C[C@@H]2[C@H]3CC(CCCCN)=C[C@H]3C[C@H]2O)c1. The summed E-state index contributed by atoms with van der Waals surface area (Å²) in [5, 5.41) is 20.8. The summed E-state index contributed by atoms with van der Waals surface area (Å²) in [6, 6.07) is 8.27. The Balaban J connectivity index is 1.55. The van der Waals surface area contributed by atoms with E-state index in [-0.39, 0.29) is 12.0 Å². The standard InChI is InChI=1S/C23H33NO2/c1-16-5-4-7-17(11-16)13-20(25)8-9-21-22-14-18(6-2-3-10-24)12-19(22)15-23(21)26/h4-5,7-9,11-12,19-23,25-26H,2-3,6,10,13-15,24H2,1H3/t19-,20-,21+,22-,23+/m0/s1. The molecule has 3 rings (SSSR count). The van der Waals surface area contributed by atoms with Gasteiger partial charge >= 0.3 is 0 Å². The first-order chi connectivity index (χ1) is 12.6. The number of fused-ring (bicyclic) bond motifs is 1. The molecule has 2 aliphatic carbocycles. The van der Waals surface area contributed by atoms with Gasteiger partial charge in [-0.15, -0.1) is 0 Å². The third-order valence-electron chi connectivity index (χ3n) is 5.98. The van der Waals surface area contributed by atoms with Crippen LogP contribution in [0.3, 0.4) is 0 Å². The van der Waals surface area contributed by atoms with Crippen LogP contribution in [0.15, 0.2) is 48.1 Å². The smallest absolute Gasteiger partial charge is 0.0761 e. The van der Waals surface area contributed by atoms with Crippen molar-refractivity contribution in [3.63, 3.8) is 0 Å². The summed E-state index contributed by atoms with van der Waals surface area (Å²) in [4.78, 5) is 0. The number of hydrogen-bond donors (Lipinski definition) is 3. The largest absolute Gasteiger partial charge is 0.392 e. The second kappa shape index (κ2) is 8.98. The zero-order chi connectivity index (χ0) is 18.5. The minimum absolute atomic E-state index is 0.162. The number of unbranched alkanes of at least 4 members (excludes halogenated alkanes) is 1. The molecule has 0 unspecified atom stereocenters. The van der Waals surface area contributed by atoms with Crippen molar-refractivity contribution in [2.75, 3.05) is 6.54 Å². The summed E-state index contributed by atoms with van der Waals surface area (Å²) in [5.74, 6) is 1.16. The normalized spacial score (nSPS) is 29.2. The number of allylic oxidation sites excluding steroid dienone is 2. The lowest BCUT2D eigenvalue weighted by atomic mass is 9.88. The Morgan fingerprint density at radius 2 is 2.15 bits per heavy atom. The molecule has 142 valence electrons. The number of nitrogens with two attached hydrogens (primary N) is 1. The van der Waals surface area contributed by atoms with Crippen molar-refractivity contribution in [2.45, 2.75) is 57.7 Å². The van der Waals surface area contributed by atoms with Gasteiger partial charge in [0.2, 0.25) is 0 Å². The van der Waals surface area contributed by atoms with Crippen LogP contribution in [0.25, 0.3) is 0 Å². The van der Waals surface area contributed by atoms with E-state index in [0.717, 1.165) is 37.8 Å². The van der Waals surface area contributed by atoms with E-state index in [2.05, 4.69) is 37.3 Å². The molecule has 1 aromatic rings. The Morgan fingerprint density at radius 3 is 2.92 bits per heavy atom. The van der Waals surface area contributed by atoms with Crippen LogP contribution >= 0.6 is 0 Å². The molecule has 0 amide bonds. The summed E-state index contributed by atoms with van der Waals surface area (Å²) in [6.07, 6.45) is 11.6. The van der Waals surface area contributed by atoms with Crippen LogP contribution in [-0.2, 0) is 6.42 Å². The Labute approximate surface area is 157 Å². The molecular formula is C23H33NO2. The highest BCUT2D eigenvalue weighted by Gasteiger charge is 2.43. The van der Waals surface area contributed by atoms with Crippen LogP contribution in [0.1, 0.15) is 43.2 Å². The maximum Gasteiger partial charge on any atom is 0.0761 e. The van der Waals surface area contributed by atoms with Gasteiger partial charge < -0.3 is 15.9 Å². The molecular weight excluding hydrogens is 322 g/mol. The maximum absolute atomic E-state index is 10.5. The van der Waals surface area contributed by atoms with Gasteiger partial charge in [0.15, 0.2) is 0 Å². The summed E-state index contributed by atoms with van der Waals surface area (Å²) in [5.41, 5.74) is 9.50. The van der Waals surface area contributed by atoms with E-state index in [1.165, 1.54) is 12.0 Å². The Kier molecular flexibility index (Phi) is 6.68. The van der Waals surface area contributed by atoms with Gasteiger partial charge in [-0.1, -0.05) is 53.6 Å². The van der Waals surface area contributed by atoms with Crippen molar-refractivity contribution in [2.24, 2.45) is 23.5 Å². The third kappa shape index (κ3) is 4.85. The molecule has 0 aromatic heterocycles. The quantitative estimate of drug-likeness (QED) is 0.494. The second-order valence-electron chi connectivity index (χ2n) is 8.13. The highest BCUT2D eigenvalue weighted by molar-refractivity contribution is 5.24. The van der Waals surface area contributed by atoms with Gasteiger partial charge in [0.1, 0.15) is 0 Å². The highest BCUT2D eigenvalue weighted by Crippen LogP contribution is 2.48. The number of aliphatic hydroxyl groups is 2. The van der Waals surface area contributed by atoms with E-state index in [4.69, 9.17) is 5.73 Å². The van der Waals surface area contributed by atoms with Gasteiger partial charge in [-0.2, -0.15) is 0 Å². The molecule has 0 radical (unpaired) electrons. The fourth-order valence-corrected chi connectivity index (χ4v) is 4.69. The summed E-state index contributed by atoms with van der Waals surface area (Å²) >= 11 is 0. The van der Waals surface area contributed by atoms with Gasteiger partial charge in [0.05, 0.1) is 12.2 Å². The van der Waals surface area contributed by atoms with Crippen molar-refractivity contribution in [3.8, 4) is 0 Å². The number of aryl methyl sites for hydroxylation is 1. The number of aliphatic hydroxyl groups excluding tert-OH is 2. The molecule has 3 heteroatoms. The topological polar surface area (TPSA) is 66.5 Å². The highest BCUT2D eigenvalue weighted by atomic mass is 16.3. The molecule has 0 saturated heterocycles. The zero-order valence-electron chi connectivity index (χ0n) is 15.8. The summed E-state index contributed by atoms with van der Waals surface area (Å²) in [7, 11) is 0. The minimum Gasteiger partial charge on any atom is -0.392 e. The lowest BCUT2D eigenvalue weighted by Gasteiger charge is -2.19. The Bertz CT molecular complexity index is 651. The Hall–Kier alpha value is -1.42. The molecule has 0 spiro atoms. The van der Waals surface area contributed by atoms with Crippen LogP contribution in [0.4, 0.5) is 0 Å². The van der Waals surface area contributed by atoms with Crippen LogP contribution in [0.2, 0.25) is 0 Å². The van der Waals surface area contributed by atoms with E-state index in [1.54, 1.807) is 5.57 Å². The molecule has 0 aliphatic heterocycles. The van der Waals surface area contributed by atoms with Crippen LogP contribution in [-0.4, -0.2) is 29.0 Å². The molecule has 1 fully saturated rings. The van der Waals surface area contributed by atoms with Gasteiger partial charge in [-0.3, -0.25) is 0 Å². The maximum atomic E-state index is 10.5. The van der Waals surface area contributed by atoms with E-state index >= 15 is 0 Å². The van der Waals surface area contributed by atoms with Crippen molar-refractivity contribution in [1.29, 1.82) is 0 Å². The molecule has 2 aliphatic rings. The summed E-state index contributed by atoms with van der Waals surface area (Å²) < 4.78 is 0. The minimum atomic E-state index is -0.499. The van der Waals surface area contributed by atoms with Gasteiger partial charge in [-0.05, 0) is 63.0 Å². The number of benzene rings is 1. The monoisotopic (exact) mass is 355 g/mol. The molecule has 0 bridgehead atoms. The third-order valence-corrected chi connectivity index (χ3v) is 5.98. The first-order valence-electron chi connectivity index (χ1n) is 10.1. The fourth-order valence-electron chi connectivity index (χ4n) is 4.69. The molecule has 5 atom stereocenters. The average Bonchev–Trinajstić information content (AvgIpc) is 3.10. The predicted molar refractivity (Wildman–Crippen MR) is 107 cm³/mol. The number of hydrogen-bond acceptors (Lipinski definition) is 3. The number of rotatable bonds is 8. The molecule has 1 saturated carbocycles. The lowest BCUT2D eigenvalue weighted by Crippen LogP contribution is -2.18.